The zero-order valence-electron chi connectivity index (χ0n) is 14.0. The quantitative estimate of drug-likeness (QED) is 0.868. The van der Waals surface area contributed by atoms with Gasteiger partial charge in [-0.1, -0.05) is 24.3 Å². The smallest absolute Gasteiger partial charge is 0.122 e. The molecule has 1 aliphatic carbocycles. The lowest BCUT2D eigenvalue weighted by Crippen LogP contribution is -2.51. The van der Waals surface area contributed by atoms with Crippen molar-refractivity contribution in [3.05, 3.63) is 53.6 Å². The molecule has 1 aromatic carbocycles. The number of rotatable bonds is 3. The van der Waals surface area contributed by atoms with Crippen molar-refractivity contribution in [2.75, 3.05) is 26.2 Å². The van der Waals surface area contributed by atoms with Gasteiger partial charge in [0.15, 0.2) is 0 Å². The standard InChI is InChI=1S/C19H26N4/c1-21-9-8-20-19(21)15-22-10-12-23(13-11-22)18-7-6-16-4-2-3-5-17(16)14-18/h2-5,8-9,18H,6-7,10-15H2,1H3/t18-/m0/s1. The Morgan fingerprint density at radius 2 is 1.87 bits per heavy atom. The Morgan fingerprint density at radius 3 is 2.61 bits per heavy atom. The first kappa shape index (κ1) is 14.9. The van der Waals surface area contributed by atoms with Crippen LogP contribution in [0, 0.1) is 0 Å². The maximum Gasteiger partial charge on any atom is 0.122 e. The monoisotopic (exact) mass is 310 g/mol. The maximum absolute atomic E-state index is 4.45. The fourth-order valence-electron chi connectivity index (χ4n) is 4.03. The summed E-state index contributed by atoms with van der Waals surface area (Å²) in [5, 5.41) is 0. The first-order valence-electron chi connectivity index (χ1n) is 8.79. The van der Waals surface area contributed by atoms with Crippen LogP contribution in [0.2, 0.25) is 0 Å². The number of hydrogen-bond donors (Lipinski definition) is 0. The van der Waals surface area contributed by atoms with E-state index in [0.29, 0.717) is 0 Å². The predicted molar refractivity (Wildman–Crippen MR) is 92.3 cm³/mol. The topological polar surface area (TPSA) is 24.3 Å². The summed E-state index contributed by atoms with van der Waals surface area (Å²) < 4.78 is 2.13. The molecule has 0 unspecified atom stereocenters. The lowest BCUT2D eigenvalue weighted by Gasteiger charge is -2.41. The van der Waals surface area contributed by atoms with Crippen molar-refractivity contribution in [2.24, 2.45) is 7.05 Å². The zero-order chi connectivity index (χ0) is 15.6. The van der Waals surface area contributed by atoms with Crippen molar-refractivity contribution in [1.82, 2.24) is 19.4 Å². The largest absolute Gasteiger partial charge is 0.337 e. The van der Waals surface area contributed by atoms with E-state index in [0.717, 1.165) is 25.7 Å². The first-order chi connectivity index (χ1) is 11.3. The third kappa shape index (κ3) is 3.19. The van der Waals surface area contributed by atoms with Crippen LogP contribution in [0.25, 0.3) is 0 Å². The summed E-state index contributed by atoms with van der Waals surface area (Å²) in [4.78, 5) is 9.70. The van der Waals surface area contributed by atoms with Gasteiger partial charge in [0.05, 0.1) is 6.54 Å². The molecule has 4 heteroatoms. The molecule has 0 spiro atoms. The molecule has 0 amide bonds. The zero-order valence-corrected chi connectivity index (χ0v) is 14.0. The normalized spacial score (nSPS) is 22.9. The third-order valence-corrected chi connectivity index (χ3v) is 5.53. The van der Waals surface area contributed by atoms with Gasteiger partial charge < -0.3 is 4.57 Å². The Morgan fingerprint density at radius 1 is 1.09 bits per heavy atom. The number of imidazole rings is 1. The number of aryl methyl sites for hydroxylation is 2. The Balaban J connectivity index is 1.33. The first-order valence-corrected chi connectivity index (χ1v) is 8.79. The minimum atomic E-state index is 0.736. The molecule has 1 atom stereocenters. The van der Waals surface area contributed by atoms with E-state index in [-0.39, 0.29) is 0 Å². The number of fused-ring (bicyclic) bond motifs is 1. The molecule has 2 aliphatic rings. The van der Waals surface area contributed by atoms with Gasteiger partial charge in [0.1, 0.15) is 5.82 Å². The summed E-state index contributed by atoms with van der Waals surface area (Å²) in [5.74, 6) is 1.17. The van der Waals surface area contributed by atoms with Crippen LogP contribution >= 0.6 is 0 Å². The number of hydrogen-bond acceptors (Lipinski definition) is 3. The van der Waals surface area contributed by atoms with Crippen LogP contribution in [0.3, 0.4) is 0 Å². The molecule has 0 saturated carbocycles. The van der Waals surface area contributed by atoms with Crippen LogP contribution < -0.4 is 0 Å². The second kappa shape index (κ2) is 6.46. The molecule has 4 rings (SSSR count). The minimum absolute atomic E-state index is 0.736. The van der Waals surface area contributed by atoms with E-state index >= 15 is 0 Å². The molecule has 2 aromatic rings. The molecule has 1 saturated heterocycles. The number of benzene rings is 1. The summed E-state index contributed by atoms with van der Waals surface area (Å²) in [6, 6.07) is 9.72. The van der Waals surface area contributed by atoms with Gasteiger partial charge in [0.2, 0.25) is 0 Å². The van der Waals surface area contributed by atoms with Crippen molar-refractivity contribution in [3.8, 4) is 0 Å². The molecular formula is C19H26N4. The van der Waals surface area contributed by atoms with Gasteiger partial charge in [-0.3, -0.25) is 9.80 Å². The van der Waals surface area contributed by atoms with E-state index in [1.54, 1.807) is 11.1 Å². The average molecular weight is 310 g/mol. The highest BCUT2D eigenvalue weighted by Gasteiger charge is 2.27. The molecule has 4 nitrogen and oxygen atoms in total. The van der Waals surface area contributed by atoms with Crippen LogP contribution in [-0.4, -0.2) is 51.6 Å². The molecule has 2 heterocycles. The minimum Gasteiger partial charge on any atom is -0.337 e. The van der Waals surface area contributed by atoms with E-state index in [2.05, 4.69) is 50.7 Å². The molecule has 0 N–H and O–H groups in total. The average Bonchev–Trinajstić information content (AvgIpc) is 3.00. The highest BCUT2D eigenvalue weighted by molar-refractivity contribution is 5.30. The van der Waals surface area contributed by atoms with Crippen LogP contribution in [0.4, 0.5) is 0 Å². The van der Waals surface area contributed by atoms with E-state index in [1.807, 2.05) is 12.4 Å². The number of piperazine rings is 1. The van der Waals surface area contributed by atoms with Gasteiger partial charge in [-0.15, -0.1) is 0 Å². The van der Waals surface area contributed by atoms with Gasteiger partial charge >= 0.3 is 0 Å². The van der Waals surface area contributed by atoms with Gasteiger partial charge in [-0.2, -0.15) is 0 Å². The van der Waals surface area contributed by atoms with E-state index in [9.17, 15) is 0 Å². The Labute approximate surface area is 138 Å². The van der Waals surface area contributed by atoms with Crippen molar-refractivity contribution in [1.29, 1.82) is 0 Å². The molecular weight excluding hydrogens is 284 g/mol. The molecule has 0 bridgehead atoms. The summed E-state index contributed by atoms with van der Waals surface area (Å²) in [6.45, 7) is 5.68. The SMILES string of the molecule is Cn1ccnc1CN1CCN([C@H]2CCc3ccccc3C2)CC1. The number of aromatic nitrogens is 2. The maximum atomic E-state index is 4.45. The summed E-state index contributed by atoms with van der Waals surface area (Å²) in [6.07, 6.45) is 7.72. The van der Waals surface area contributed by atoms with Crippen LogP contribution in [0.5, 0.6) is 0 Å². The summed E-state index contributed by atoms with van der Waals surface area (Å²) in [7, 11) is 2.08. The van der Waals surface area contributed by atoms with E-state index < -0.39 is 0 Å². The fraction of sp³-hybridized carbons (Fsp3) is 0.526. The van der Waals surface area contributed by atoms with Crippen LogP contribution in [-0.2, 0) is 26.4 Å². The summed E-state index contributed by atoms with van der Waals surface area (Å²) in [5.41, 5.74) is 3.14. The Hall–Kier alpha value is -1.65. The van der Waals surface area contributed by atoms with Gasteiger partial charge in [0, 0.05) is 51.7 Å². The van der Waals surface area contributed by atoms with Gasteiger partial charge in [-0.25, -0.2) is 4.98 Å². The van der Waals surface area contributed by atoms with Crippen molar-refractivity contribution < 1.29 is 0 Å². The van der Waals surface area contributed by atoms with E-state index in [1.165, 1.54) is 38.2 Å². The molecule has 1 fully saturated rings. The lowest BCUT2D eigenvalue weighted by molar-refractivity contribution is 0.0838. The molecule has 1 aromatic heterocycles. The Bertz CT molecular complexity index is 655. The second-order valence-electron chi connectivity index (χ2n) is 6.93. The number of nitrogens with zero attached hydrogens (tertiary/aromatic N) is 4. The highest BCUT2D eigenvalue weighted by atomic mass is 15.3. The lowest BCUT2D eigenvalue weighted by atomic mass is 9.87. The van der Waals surface area contributed by atoms with Crippen molar-refractivity contribution in [3.63, 3.8) is 0 Å². The second-order valence-corrected chi connectivity index (χ2v) is 6.93. The molecule has 122 valence electrons. The fourth-order valence-corrected chi connectivity index (χ4v) is 4.03. The van der Waals surface area contributed by atoms with Crippen molar-refractivity contribution in [2.45, 2.75) is 31.8 Å². The van der Waals surface area contributed by atoms with Gasteiger partial charge in [-0.05, 0) is 30.4 Å². The molecule has 0 radical (unpaired) electrons. The van der Waals surface area contributed by atoms with Gasteiger partial charge in [0.25, 0.3) is 0 Å². The molecule has 1 aliphatic heterocycles. The molecule has 23 heavy (non-hydrogen) atoms. The Kier molecular flexibility index (Phi) is 4.19. The summed E-state index contributed by atoms with van der Waals surface area (Å²) >= 11 is 0. The van der Waals surface area contributed by atoms with Crippen LogP contribution in [0.15, 0.2) is 36.7 Å². The highest BCUT2D eigenvalue weighted by Crippen LogP contribution is 2.25. The third-order valence-electron chi connectivity index (χ3n) is 5.53. The van der Waals surface area contributed by atoms with Crippen LogP contribution in [0.1, 0.15) is 23.4 Å². The van der Waals surface area contributed by atoms with Crippen molar-refractivity contribution >= 4 is 0 Å². The van der Waals surface area contributed by atoms with E-state index in [4.69, 9.17) is 0 Å². The predicted octanol–water partition coefficient (Wildman–Crippen LogP) is 2.10.